The normalized spacial score (nSPS) is 14.9. The van der Waals surface area contributed by atoms with Crippen LogP contribution < -0.4 is 11.1 Å². The molecule has 0 aromatic heterocycles. The molecular weight excluding hydrogens is 663 g/mol. The average molecular weight is 747 g/mol. The van der Waals surface area contributed by atoms with Crippen molar-refractivity contribution >= 4 is 13.7 Å². The van der Waals surface area contributed by atoms with Crippen molar-refractivity contribution < 1.29 is 33.5 Å². The van der Waals surface area contributed by atoms with Crippen molar-refractivity contribution in [3.63, 3.8) is 0 Å². The fourth-order valence-corrected chi connectivity index (χ4v) is 7.17. The minimum atomic E-state index is -4.37. The van der Waals surface area contributed by atoms with Crippen LogP contribution >= 0.6 is 7.82 Å². The van der Waals surface area contributed by atoms with E-state index < -0.39 is 32.0 Å². The molecule has 0 aliphatic carbocycles. The van der Waals surface area contributed by atoms with Gasteiger partial charge in [-0.3, -0.25) is 13.8 Å². The molecule has 0 saturated carbocycles. The van der Waals surface area contributed by atoms with Gasteiger partial charge in [-0.1, -0.05) is 174 Å². The molecule has 0 radical (unpaired) electrons. The number of aliphatic hydroxyl groups is 2. The molecular formula is C41H83N2O7P. The number of hydrogen-bond donors (Lipinski definition) is 5. The molecule has 0 bridgehead atoms. The van der Waals surface area contributed by atoms with E-state index in [1.807, 2.05) is 0 Å². The molecule has 0 heterocycles. The zero-order valence-corrected chi connectivity index (χ0v) is 34.1. The molecule has 0 fully saturated rings. The van der Waals surface area contributed by atoms with E-state index in [0.717, 1.165) is 51.4 Å². The van der Waals surface area contributed by atoms with E-state index in [2.05, 4.69) is 31.3 Å². The van der Waals surface area contributed by atoms with Crippen LogP contribution in [0.25, 0.3) is 0 Å². The minimum Gasteiger partial charge on any atom is -0.393 e. The summed E-state index contributed by atoms with van der Waals surface area (Å²) in [7, 11) is -4.37. The van der Waals surface area contributed by atoms with Gasteiger partial charge in [0.15, 0.2) is 0 Å². The maximum Gasteiger partial charge on any atom is 0.472 e. The fraction of sp³-hybridized carbons (Fsp3) is 0.927. The first-order chi connectivity index (χ1) is 24.8. The lowest BCUT2D eigenvalue weighted by Gasteiger charge is -2.25. The molecule has 0 aliphatic heterocycles. The molecule has 6 N–H and O–H groups in total. The number of amides is 1. The van der Waals surface area contributed by atoms with E-state index in [4.69, 9.17) is 14.8 Å². The Bertz CT molecular complexity index is 832. The molecule has 0 aromatic carbocycles. The highest BCUT2D eigenvalue weighted by Crippen LogP contribution is 2.43. The molecule has 10 heteroatoms. The second kappa shape index (κ2) is 37.5. The van der Waals surface area contributed by atoms with Crippen LogP contribution in [0.2, 0.25) is 0 Å². The van der Waals surface area contributed by atoms with E-state index >= 15 is 0 Å². The SMILES string of the molecule is CCCCCCCCCCC/C=C\CCCCCC(O)CC(=O)NC(COP(=O)(O)OCCN)C(O)CCCCCCCCCCCCCCC. The average Bonchev–Trinajstić information content (AvgIpc) is 3.10. The molecule has 9 nitrogen and oxygen atoms in total. The van der Waals surface area contributed by atoms with Crippen molar-refractivity contribution in [3.05, 3.63) is 12.2 Å². The van der Waals surface area contributed by atoms with Crippen molar-refractivity contribution in [1.82, 2.24) is 5.32 Å². The molecule has 1 amide bonds. The first-order valence-electron chi connectivity index (χ1n) is 21.4. The van der Waals surface area contributed by atoms with Crippen LogP contribution in [0, 0.1) is 0 Å². The summed E-state index contributed by atoms with van der Waals surface area (Å²) in [6.07, 6.45) is 36.8. The quantitative estimate of drug-likeness (QED) is 0.0236. The Kier molecular flexibility index (Phi) is 36.9. The number of hydrogen-bond acceptors (Lipinski definition) is 7. The number of carbonyl (C=O) groups is 1. The zero-order chi connectivity index (χ0) is 37.7. The summed E-state index contributed by atoms with van der Waals surface area (Å²) in [5.41, 5.74) is 5.36. The highest BCUT2D eigenvalue weighted by molar-refractivity contribution is 7.47. The molecule has 51 heavy (non-hydrogen) atoms. The maximum atomic E-state index is 12.8. The van der Waals surface area contributed by atoms with Gasteiger partial charge in [-0.2, -0.15) is 0 Å². The van der Waals surface area contributed by atoms with Gasteiger partial charge in [0, 0.05) is 6.54 Å². The number of phosphoric acid groups is 1. The Morgan fingerprint density at radius 2 is 1.06 bits per heavy atom. The van der Waals surface area contributed by atoms with Crippen molar-refractivity contribution in [3.8, 4) is 0 Å². The smallest absolute Gasteiger partial charge is 0.393 e. The minimum absolute atomic E-state index is 0.0593. The van der Waals surface area contributed by atoms with Crippen LogP contribution in [-0.4, -0.2) is 59.0 Å². The van der Waals surface area contributed by atoms with Crippen LogP contribution in [0.5, 0.6) is 0 Å². The lowest BCUT2D eigenvalue weighted by atomic mass is 10.0. The number of aliphatic hydroxyl groups excluding tert-OH is 2. The van der Waals surface area contributed by atoms with Gasteiger partial charge in [0.05, 0.1) is 37.9 Å². The number of allylic oxidation sites excluding steroid dienone is 2. The van der Waals surface area contributed by atoms with E-state index in [1.54, 1.807) is 0 Å². The van der Waals surface area contributed by atoms with Gasteiger partial charge in [-0.25, -0.2) is 4.57 Å². The third-order valence-corrected chi connectivity index (χ3v) is 10.7. The van der Waals surface area contributed by atoms with Gasteiger partial charge in [-0.05, 0) is 38.5 Å². The third kappa shape index (κ3) is 36.0. The molecule has 304 valence electrons. The first-order valence-corrected chi connectivity index (χ1v) is 22.9. The monoisotopic (exact) mass is 747 g/mol. The zero-order valence-electron chi connectivity index (χ0n) is 33.2. The summed E-state index contributed by atoms with van der Waals surface area (Å²) in [6, 6.07) is -0.897. The van der Waals surface area contributed by atoms with Crippen LogP contribution in [-0.2, 0) is 18.4 Å². The standard InChI is InChI=1S/C41H83N2O7P/c1-3-5-7-9-11-13-15-17-18-19-21-22-24-26-28-30-32-38(44)36-41(46)43-39(37-50-51(47,48)49-35-34-42)40(45)33-31-29-27-25-23-20-16-14-12-10-8-6-4-2/h21-22,38-40,44-45H,3-20,23-37,42H2,1-2H3,(H,43,46)(H,47,48)/b22-21-. The Morgan fingerprint density at radius 1 is 0.647 bits per heavy atom. The predicted octanol–water partition coefficient (Wildman–Crippen LogP) is 10.6. The summed E-state index contributed by atoms with van der Waals surface area (Å²) in [4.78, 5) is 22.7. The van der Waals surface area contributed by atoms with Crippen molar-refractivity contribution in [2.45, 2.75) is 225 Å². The van der Waals surface area contributed by atoms with Crippen molar-refractivity contribution in [2.24, 2.45) is 5.73 Å². The second-order valence-corrected chi connectivity index (χ2v) is 16.2. The van der Waals surface area contributed by atoms with Gasteiger partial charge in [0.1, 0.15) is 0 Å². The summed E-state index contributed by atoms with van der Waals surface area (Å²) in [5.74, 6) is -0.421. The van der Waals surface area contributed by atoms with Crippen LogP contribution in [0.3, 0.4) is 0 Å². The molecule has 0 rings (SSSR count). The molecule has 0 spiro atoms. The van der Waals surface area contributed by atoms with Crippen LogP contribution in [0.4, 0.5) is 0 Å². The summed E-state index contributed by atoms with van der Waals surface area (Å²) in [6.45, 7) is 4.04. The van der Waals surface area contributed by atoms with Gasteiger partial charge < -0.3 is 26.2 Å². The Morgan fingerprint density at radius 3 is 1.53 bits per heavy atom. The number of nitrogens with one attached hydrogen (secondary N) is 1. The predicted molar refractivity (Wildman–Crippen MR) is 214 cm³/mol. The van der Waals surface area contributed by atoms with Crippen LogP contribution in [0.1, 0.15) is 206 Å². The van der Waals surface area contributed by atoms with Crippen molar-refractivity contribution in [2.75, 3.05) is 19.8 Å². The van der Waals surface area contributed by atoms with Gasteiger partial charge >= 0.3 is 7.82 Å². The maximum absolute atomic E-state index is 12.8. The fourth-order valence-electron chi connectivity index (χ4n) is 6.41. The van der Waals surface area contributed by atoms with Crippen LogP contribution in [0.15, 0.2) is 12.2 Å². The van der Waals surface area contributed by atoms with Gasteiger partial charge in [0.2, 0.25) is 5.91 Å². The second-order valence-electron chi connectivity index (χ2n) is 14.7. The molecule has 0 aliphatic rings. The number of carbonyl (C=O) groups excluding carboxylic acids is 1. The van der Waals surface area contributed by atoms with E-state index in [1.165, 1.54) is 122 Å². The topological polar surface area (TPSA) is 151 Å². The highest BCUT2D eigenvalue weighted by Gasteiger charge is 2.28. The van der Waals surface area contributed by atoms with Gasteiger partial charge in [0.25, 0.3) is 0 Å². The summed E-state index contributed by atoms with van der Waals surface area (Å²) in [5, 5.41) is 24.1. The summed E-state index contributed by atoms with van der Waals surface area (Å²) >= 11 is 0. The molecule has 0 aromatic rings. The van der Waals surface area contributed by atoms with Crippen molar-refractivity contribution in [1.29, 1.82) is 0 Å². The van der Waals surface area contributed by atoms with E-state index in [9.17, 15) is 24.5 Å². The largest absolute Gasteiger partial charge is 0.472 e. The lowest BCUT2D eigenvalue weighted by Crippen LogP contribution is -2.47. The van der Waals surface area contributed by atoms with Gasteiger partial charge in [-0.15, -0.1) is 0 Å². The van der Waals surface area contributed by atoms with E-state index in [-0.39, 0.29) is 26.2 Å². The molecule has 4 atom stereocenters. The molecule has 4 unspecified atom stereocenters. The Balaban J connectivity index is 4.29. The highest BCUT2D eigenvalue weighted by atomic mass is 31.2. The number of phosphoric ester groups is 1. The third-order valence-electron chi connectivity index (χ3n) is 9.67. The molecule has 0 saturated heterocycles. The Hall–Kier alpha value is -0.800. The first kappa shape index (κ1) is 50.2. The summed E-state index contributed by atoms with van der Waals surface area (Å²) < 4.78 is 22.1. The Labute approximate surface area is 314 Å². The number of nitrogens with two attached hydrogens (primary N) is 1. The van der Waals surface area contributed by atoms with E-state index in [0.29, 0.717) is 12.8 Å². The number of unbranched alkanes of at least 4 members (excludes halogenated alkanes) is 24. The number of rotatable bonds is 40. The lowest BCUT2D eigenvalue weighted by molar-refractivity contribution is -0.125.